The first-order chi connectivity index (χ1) is 13.0. The van der Waals surface area contributed by atoms with Gasteiger partial charge in [0.2, 0.25) is 11.8 Å². The summed E-state index contributed by atoms with van der Waals surface area (Å²) in [4.78, 5) is 30.7. The number of piperazine rings is 1. The van der Waals surface area contributed by atoms with Crippen LogP contribution in [-0.2, 0) is 14.3 Å². The van der Waals surface area contributed by atoms with E-state index < -0.39 is 0 Å². The number of hydrogen-bond donors (Lipinski definition) is 0. The van der Waals surface area contributed by atoms with Crippen LogP contribution >= 0.6 is 0 Å². The third kappa shape index (κ3) is 5.42. The van der Waals surface area contributed by atoms with Crippen LogP contribution in [0.15, 0.2) is 24.3 Å². The van der Waals surface area contributed by atoms with E-state index in [0.29, 0.717) is 52.2 Å². The van der Waals surface area contributed by atoms with Gasteiger partial charge in [0, 0.05) is 57.8 Å². The predicted octanol–water partition coefficient (Wildman–Crippen LogP) is 1.75. The van der Waals surface area contributed by atoms with Crippen molar-refractivity contribution < 1.29 is 18.7 Å². The molecule has 148 valence electrons. The van der Waals surface area contributed by atoms with E-state index in [-0.39, 0.29) is 23.5 Å². The van der Waals surface area contributed by atoms with Gasteiger partial charge in [0.15, 0.2) is 0 Å². The maximum absolute atomic E-state index is 13.0. The molecule has 0 N–H and O–H groups in total. The minimum Gasteiger partial charge on any atom is -0.378 e. The number of rotatable bonds is 5. The second-order valence-electron chi connectivity index (χ2n) is 7.35. The summed E-state index contributed by atoms with van der Waals surface area (Å²) in [5, 5.41) is 0. The van der Waals surface area contributed by atoms with Crippen LogP contribution in [-0.4, -0.2) is 74.1 Å². The average Bonchev–Trinajstić information content (AvgIpc) is 2.69. The van der Waals surface area contributed by atoms with Crippen molar-refractivity contribution in [1.29, 1.82) is 0 Å². The quantitative estimate of drug-likeness (QED) is 0.785. The minimum absolute atomic E-state index is 0.0305. The molecule has 1 unspecified atom stereocenters. The third-order valence-electron chi connectivity index (χ3n) is 5.23. The van der Waals surface area contributed by atoms with E-state index in [1.165, 1.54) is 12.1 Å². The highest BCUT2D eigenvalue weighted by atomic mass is 19.1. The van der Waals surface area contributed by atoms with Crippen molar-refractivity contribution in [3.8, 4) is 0 Å². The molecule has 6 nitrogen and oxygen atoms in total. The number of carbonyl (C=O) groups is 2. The Kier molecular flexibility index (Phi) is 6.66. The number of anilines is 1. The SMILES string of the molecule is CC(CC(=O)N1CCOCC1)CC(=O)N1CCN(c2ccc(F)cc2)CC1. The molecule has 1 aromatic carbocycles. The van der Waals surface area contributed by atoms with Crippen LogP contribution in [0.5, 0.6) is 0 Å². The molecular formula is C20H28FN3O3. The second kappa shape index (κ2) is 9.17. The number of carbonyl (C=O) groups excluding carboxylic acids is 2. The summed E-state index contributed by atoms with van der Waals surface area (Å²) >= 11 is 0. The van der Waals surface area contributed by atoms with E-state index in [2.05, 4.69) is 4.90 Å². The summed E-state index contributed by atoms with van der Waals surface area (Å²) < 4.78 is 18.3. The van der Waals surface area contributed by atoms with E-state index in [0.717, 1.165) is 18.8 Å². The van der Waals surface area contributed by atoms with Gasteiger partial charge in [-0.05, 0) is 30.2 Å². The standard InChI is InChI=1S/C20H28FN3O3/c1-16(15-20(26)24-10-12-27-13-11-24)14-19(25)23-8-6-22(7-9-23)18-4-2-17(21)3-5-18/h2-5,16H,6-15H2,1H3. The van der Waals surface area contributed by atoms with Crippen molar-refractivity contribution in [2.24, 2.45) is 5.92 Å². The monoisotopic (exact) mass is 377 g/mol. The fourth-order valence-corrected chi connectivity index (χ4v) is 3.61. The lowest BCUT2D eigenvalue weighted by atomic mass is 10.0. The predicted molar refractivity (Wildman–Crippen MR) is 101 cm³/mol. The van der Waals surface area contributed by atoms with Gasteiger partial charge in [0.1, 0.15) is 5.82 Å². The van der Waals surface area contributed by atoms with Crippen LogP contribution in [0.2, 0.25) is 0 Å². The molecule has 2 amide bonds. The van der Waals surface area contributed by atoms with Gasteiger partial charge in [0.25, 0.3) is 0 Å². The molecule has 0 aromatic heterocycles. The minimum atomic E-state index is -0.242. The Morgan fingerprint density at radius 2 is 1.44 bits per heavy atom. The number of ether oxygens (including phenoxy) is 1. The fraction of sp³-hybridized carbons (Fsp3) is 0.600. The van der Waals surface area contributed by atoms with Crippen molar-refractivity contribution in [3.63, 3.8) is 0 Å². The molecule has 2 aliphatic heterocycles. The first kappa shape index (κ1) is 19.6. The number of morpholine rings is 1. The Morgan fingerprint density at radius 3 is 2.00 bits per heavy atom. The summed E-state index contributed by atoms with van der Waals surface area (Å²) in [5.41, 5.74) is 0.980. The maximum Gasteiger partial charge on any atom is 0.223 e. The molecule has 3 rings (SSSR count). The lowest BCUT2D eigenvalue weighted by molar-refractivity contribution is -0.137. The number of amides is 2. The first-order valence-electron chi connectivity index (χ1n) is 9.67. The molecule has 2 aliphatic rings. The second-order valence-corrected chi connectivity index (χ2v) is 7.35. The molecule has 0 saturated carbocycles. The molecule has 7 heteroatoms. The summed E-state index contributed by atoms with van der Waals surface area (Å²) in [6, 6.07) is 6.46. The number of hydrogen-bond acceptors (Lipinski definition) is 4. The summed E-state index contributed by atoms with van der Waals surface area (Å²) in [7, 11) is 0. The fourth-order valence-electron chi connectivity index (χ4n) is 3.61. The number of nitrogens with zero attached hydrogens (tertiary/aromatic N) is 3. The van der Waals surface area contributed by atoms with Crippen molar-refractivity contribution >= 4 is 17.5 Å². The zero-order valence-electron chi connectivity index (χ0n) is 15.9. The highest BCUT2D eigenvalue weighted by Gasteiger charge is 2.25. The number of benzene rings is 1. The van der Waals surface area contributed by atoms with Gasteiger partial charge < -0.3 is 19.4 Å². The Hall–Kier alpha value is -2.15. The Bertz CT molecular complexity index is 638. The van der Waals surface area contributed by atoms with Gasteiger partial charge in [-0.1, -0.05) is 6.92 Å². The van der Waals surface area contributed by atoms with E-state index in [1.54, 1.807) is 12.1 Å². The molecule has 2 fully saturated rings. The van der Waals surface area contributed by atoms with Crippen LogP contribution in [0.4, 0.5) is 10.1 Å². The molecule has 2 saturated heterocycles. The molecule has 27 heavy (non-hydrogen) atoms. The van der Waals surface area contributed by atoms with E-state index in [9.17, 15) is 14.0 Å². The van der Waals surface area contributed by atoms with Crippen molar-refractivity contribution in [2.45, 2.75) is 19.8 Å². The van der Waals surface area contributed by atoms with E-state index in [1.807, 2.05) is 16.7 Å². The highest BCUT2D eigenvalue weighted by molar-refractivity contribution is 5.79. The first-order valence-corrected chi connectivity index (χ1v) is 9.67. The van der Waals surface area contributed by atoms with Crippen molar-refractivity contribution in [3.05, 3.63) is 30.1 Å². The zero-order chi connectivity index (χ0) is 19.2. The molecule has 0 bridgehead atoms. The molecule has 0 radical (unpaired) electrons. The Balaban J connectivity index is 1.42. The van der Waals surface area contributed by atoms with E-state index >= 15 is 0 Å². The zero-order valence-corrected chi connectivity index (χ0v) is 15.9. The van der Waals surface area contributed by atoms with Crippen LogP contribution in [0.25, 0.3) is 0 Å². The van der Waals surface area contributed by atoms with Gasteiger partial charge in [-0.25, -0.2) is 4.39 Å². The molecular weight excluding hydrogens is 349 g/mol. The molecule has 0 aliphatic carbocycles. The van der Waals surface area contributed by atoms with Gasteiger partial charge in [-0.2, -0.15) is 0 Å². The van der Waals surface area contributed by atoms with Crippen LogP contribution in [0.1, 0.15) is 19.8 Å². The lowest BCUT2D eigenvalue weighted by Crippen LogP contribution is -2.49. The topological polar surface area (TPSA) is 53.1 Å². The molecule has 2 heterocycles. The molecule has 1 aromatic rings. The maximum atomic E-state index is 13.0. The molecule has 0 spiro atoms. The smallest absolute Gasteiger partial charge is 0.223 e. The van der Waals surface area contributed by atoms with Gasteiger partial charge in [-0.15, -0.1) is 0 Å². The normalized spacial score (nSPS) is 19.1. The summed E-state index contributed by atoms with van der Waals surface area (Å²) in [6.45, 7) is 7.22. The van der Waals surface area contributed by atoms with Gasteiger partial charge in [0.05, 0.1) is 13.2 Å². The Morgan fingerprint density at radius 1 is 0.926 bits per heavy atom. The van der Waals surface area contributed by atoms with Crippen LogP contribution in [0, 0.1) is 11.7 Å². The van der Waals surface area contributed by atoms with Crippen LogP contribution in [0.3, 0.4) is 0 Å². The molecule has 1 atom stereocenters. The van der Waals surface area contributed by atoms with Crippen molar-refractivity contribution in [2.75, 3.05) is 57.4 Å². The summed E-state index contributed by atoms with van der Waals surface area (Å²) in [5.74, 6) is 0.00640. The summed E-state index contributed by atoms with van der Waals surface area (Å²) in [6.07, 6.45) is 0.800. The Labute approximate surface area is 159 Å². The van der Waals surface area contributed by atoms with Gasteiger partial charge in [-0.3, -0.25) is 9.59 Å². The third-order valence-corrected chi connectivity index (χ3v) is 5.23. The highest BCUT2D eigenvalue weighted by Crippen LogP contribution is 2.19. The number of halogens is 1. The van der Waals surface area contributed by atoms with Crippen LogP contribution < -0.4 is 4.90 Å². The van der Waals surface area contributed by atoms with Gasteiger partial charge >= 0.3 is 0 Å². The van der Waals surface area contributed by atoms with E-state index in [4.69, 9.17) is 4.74 Å². The average molecular weight is 377 g/mol. The van der Waals surface area contributed by atoms with Crippen molar-refractivity contribution in [1.82, 2.24) is 9.80 Å². The lowest BCUT2D eigenvalue weighted by Gasteiger charge is -2.36. The largest absolute Gasteiger partial charge is 0.378 e.